The summed E-state index contributed by atoms with van der Waals surface area (Å²) in [6, 6.07) is 3.38. The fourth-order valence-electron chi connectivity index (χ4n) is 1.93. The molecule has 0 aromatic heterocycles. The van der Waals surface area contributed by atoms with E-state index in [1.54, 1.807) is 0 Å². The first-order valence-corrected chi connectivity index (χ1v) is 9.23. The smallest absolute Gasteiger partial charge is 0.224 e. The number of rotatable bonds is 1. The molecule has 0 radical (unpaired) electrons. The van der Waals surface area contributed by atoms with Crippen molar-refractivity contribution in [3.8, 4) is 0 Å². The van der Waals surface area contributed by atoms with Gasteiger partial charge in [-0.2, -0.15) is 13.2 Å². The summed E-state index contributed by atoms with van der Waals surface area (Å²) in [5.41, 5.74) is -0.991. The summed E-state index contributed by atoms with van der Waals surface area (Å²) in [5, 5.41) is 0.637. The maximum atomic E-state index is 12.5. The van der Waals surface area contributed by atoms with Crippen LogP contribution in [-0.4, -0.2) is 28.3 Å². The molecule has 1 aromatic carbocycles. The first-order chi connectivity index (χ1) is 9.51. The number of halogens is 3. The lowest BCUT2D eigenvalue weighted by Crippen LogP contribution is -2.08. The molecule has 9 heteroatoms. The van der Waals surface area contributed by atoms with Gasteiger partial charge in [-0.1, -0.05) is 12.1 Å². The highest BCUT2D eigenvalue weighted by Gasteiger charge is 2.31. The van der Waals surface area contributed by atoms with Gasteiger partial charge in [0.1, 0.15) is 0 Å². The Kier molecular flexibility index (Phi) is 3.92. The number of hydrogen-bond donors (Lipinski definition) is 0. The molecule has 21 heavy (non-hydrogen) atoms. The quantitative estimate of drug-likeness (QED) is 0.786. The lowest BCUT2D eigenvalue weighted by atomic mass is 10.1. The second-order valence-electron chi connectivity index (χ2n) is 4.60. The van der Waals surface area contributed by atoms with Crippen molar-refractivity contribution < 1.29 is 30.0 Å². The summed E-state index contributed by atoms with van der Waals surface area (Å²) in [6.45, 7) is 0. The van der Waals surface area contributed by atoms with Crippen LogP contribution in [0.15, 0.2) is 29.7 Å². The standard InChI is InChI=1S/C12H11F3O4S2/c13-12(14,15)10-4-2-9(3-5-10)11-8-20(16,17)6-1-7-21(11,18)19/h2-5,8H,1,6-7H2. The van der Waals surface area contributed by atoms with Gasteiger partial charge in [0, 0.05) is 5.41 Å². The Hall–Kier alpha value is -1.35. The van der Waals surface area contributed by atoms with E-state index >= 15 is 0 Å². The van der Waals surface area contributed by atoms with Gasteiger partial charge < -0.3 is 0 Å². The van der Waals surface area contributed by atoms with Gasteiger partial charge in [-0.05, 0) is 24.1 Å². The average Bonchev–Trinajstić information content (AvgIpc) is 2.44. The van der Waals surface area contributed by atoms with Crippen molar-refractivity contribution in [2.24, 2.45) is 0 Å². The van der Waals surface area contributed by atoms with Gasteiger partial charge >= 0.3 is 6.18 Å². The van der Waals surface area contributed by atoms with E-state index < -0.39 is 36.3 Å². The molecule has 1 aliphatic rings. The Bertz CT molecular complexity index is 773. The van der Waals surface area contributed by atoms with Gasteiger partial charge in [0.25, 0.3) is 0 Å². The highest BCUT2D eigenvalue weighted by molar-refractivity contribution is 8.03. The van der Waals surface area contributed by atoms with E-state index in [1.807, 2.05) is 0 Å². The minimum absolute atomic E-state index is 0.0364. The zero-order valence-electron chi connectivity index (χ0n) is 10.6. The summed E-state index contributed by atoms with van der Waals surface area (Å²) in [4.78, 5) is -0.450. The van der Waals surface area contributed by atoms with Crippen molar-refractivity contribution >= 4 is 24.6 Å². The van der Waals surface area contributed by atoms with E-state index in [4.69, 9.17) is 0 Å². The fraction of sp³-hybridized carbons (Fsp3) is 0.333. The summed E-state index contributed by atoms with van der Waals surface area (Å²) < 4.78 is 84.7. The summed E-state index contributed by atoms with van der Waals surface area (Å²) >= 11 is 0. The van der Waals surface area contributed by atoms with Crippen LogP contribution in [-0.2, 0) is 25.9 Å². The zero-order valence-corrected chi connectivity index (χ0v) is 12.2. The van der Waals surface area contributed by atoms with Crippen LogP contribution in [0.3, 0.4) is 0 Å². The topological polar surface area (TPSA) is 68.3 Å². The van der Waals surface area contributed by atoms with E-state index in [1.165, 1.54) is 0 Å². The molecule has 0 aliphatic carbocycles. The molecule has 1 heterocycles. The predicted molar refractivity (Wildman–Crippen MR) is 71.6 cm³/mol. The highest BCUT2D eigenvalue weighted by atomic mass is 32.2. The molecule has 0 fully saturated rings. The molecule has 2 rings (SSSR count). The first kappa shape index (κ1) is 16.0. The molecule has 0 saturated carbocycles. The van der Waals surface area contributed by atoms with Gasteiger partial charge in [-0.15, -0.1) is 0 Å². The Balaban J connectivity index is 2.55. The number of sulfone groups is 2. The van der Waals surface area contributed by atoms with E-state index in [0.717, 1.165) is 24.3 Å². The Morgan fingerprint density at radius 1 is 0.905 bits per heavy atom. The third kappa shape index (κ3) is 3.65. The van der Waals surface area contributed by atoms with Crippen LogP contribution in [0.1, 0.15) is 17.5 Å². The SMILES string of the molecule is O=S1(=O)C=C(c2ccc(C(F)(F)F)cc2)S(=O)(=O)CCC1. The Morgan fingerprint density at radius 2 is 1.48 bits per heavy atom. The van der Waals surface area contributed by atoms with Crippen molar-refractivity contribution in [3.63, 3.8) is 0 Å². The second kappa shape index (κ2) is 5.13. The van der Waals surface area contributed by atoms with Crippen LogP contribution < -0.4 is 0 Å². The molecule has 1 aromatic rings. The molecule has 1 aliphatic heterocycles. The van der Waals surface area contributed by atoms with Crippen LogP contribution in [0.25, 0.3) is 4.91 Å². The van der Waals surface area contributed by atoms with E-state index in [0.29, 0.717) is 5.41 Å². The zero-order chi connectivity index (χ0) is 15.9. The lowest BCUT2D eigenvalue weighted by Gasteiger charge is -2.09. The Morgan fingerprint density at radius 3 is 2.00 bits per heavy atom. The van der Waals surface area contributed by atoms with Gasteiger partial charge in [0.05, 0.1) is 22.0 Å². The second-order valence-corrected chi connectivity index (χ2v) is 8.64. The molecule has 0 spiro atoms. The van der Waals surface area contributed by atoms with Crippen molar-refractivity contribution in [2.45, 2.75) is 12.6 Å². The molecule has 4 nitrogen and oxygen atoms in total. The predicted octanol–water partition coefficient (Wildman–Crippen LogP) is 2.24. The molecule has 0 bridgehead atoms. The van der Waals surface area contributed by atoms with Crippen LogP contribution in [0.4, 0.5) is 13.2 Å². The van der Waals surface area contributed by atoms with Gasteiger partial charge in [0.2, 0.25) is 0 Å². The maximum absolute atomic E-state index is 12.5. The van der Waals surface area contributed by atoms with Crippen molar-refractivity contribution in [2.75, 3.05) is 11.5 Å². The van der Waals surface area contributed by atoms with Crippen molar-refractivity contribution in [3.05, 3.63) is 40.8 Å². The third-order valence-corrected chi connectivity index (χ3v) is 6.41. The van der Waals surface area contributed by atoms with Gasteiger partial charge in [0.15, 0.2) is 19.7 Å². The summed E-state index contributed by atoms with van der Waals surface area (Å²) in [7, 11) is -7.52. The summed E-state index contributed by atoms with van der Waals surface area (Å²) in [6.07, 6.45) is -4.58. The van der Waals surface area contributed by atoms with Crippen LogP contribution in [0, 0.1) is 0 Å². The number of benzene rings is 1. The largest absolute Gasteiger partial charge is 0.416 e. The highest BCUT2D eigenvalue weighted by Crippen LogP contribution is 2.32. The van der Waals surface area contributed by atoms with Crippen LogP contribution in [0.2, 0.25) is 0 Å². The molecule has 116 valence electrons. The van der Waals surface area contributed by atoms with Gasteiger partial charge in [-0.25, -0.2) is 16.8 Å². The van der Waals surface area contributed by atoms with Crippen LogP contribution >= 0.6 is 0 Å². The first-order valence-electron chi connectivity index (χ1n) is 5.86. The lowest BCUT2D eigenvalue weighted by molar-refractivity contribution is -0.137. The maximum Gasteiger partial charge on any atom is 0.416 e. The number of hydrogen-bond acceptors (Lipinski definition) is 4. The molecule has 0 atom stereocenters. The molecule has 0 saturated heterocycles. The molecular formula is C12H11F3O4S2. The van der Waals surface area contributed by atoms with E-state index in [2.05, 4.69) is 0 Å². The van der Waals surface area contributed by atoms with Crippen molar-refractivity contribution in [1.29, 1.82) is 0 Å². The number of alkyl halides is 3. The molecule has 0 amide bonds. The monoisotopic (exact) mass is 340 g/mol. The normalized spacial score (nSPS) is 21.4. The average molecular weight is 340 g/mol. The van der Waals surface area contributed by atoms with E-state index in [-0.39, 0.29) is 23.5 Å². The van der Waals surface area contributed by atoms with Crippen LogP contribution in [0.5, 0.6) is 0 Å². The van der Waals surface area contributed by atoms with Gasteiger partial charge in [-0.3, -0.25) is 0 Å². The molecular weight excluding hydrogens is 329 g/mol. The summed E-state index contributed by atoms with van der Waals surface area (Å²) in [5.74, 6) is -0.643. The van der Waals surface area contributed by atoms with Crippen molar-refractivity contribution in [1.82, 2.24) is 0 Å². The minimum Gasteiger partial charge on any atom is -0.224 e. The third-order valence-electron chi connectivity index (χ3n) is 2.96. The van der Waals surface area contributed by atoms with E-state index in [9.17, 15) is 30.0 Å². The molecule has 0 unspecified atom stereocenters. The fourth-order valence-corrected chi connectivity index (χ4v) is 5.50. The minimum atomic E-state index is -4.54. The molecule has 0 N–H and O–H groups in total. The Labute approximate surface area is 120 Å².